The maximum atomic E-state index is 12.9. The standard InChI is InChI=1S/C19H20N2O5S/c1-21(15-7-3-2-4-8-15)27(25,26)16-9-5-6-14(12-16)18(22)20-17(19(23)24)13-10-11-13/h2-9,12-13,17H,10-11H2,1H3,(H,20,22)(H,23,24). The van der Waals surface area contributed by atoms with E-state index in [9.17, 15) is 23.1 Å². The summed E-state index contributed by atoms with van der Waals surface area (Å²) >= 11 is 0. The van der Waals surface area contributed by atoms with E-state index in [1.807, 2.05) is 0 Å². The summed E-state index contributed by atoms with van der Waals surface area (Å²) in [4.78, 5) is 23.7. The van der Waals surface area contributed by atoms with E-state index in [0.29, 0.717) is 5.69 Å². The molecule has 1 aliphatic carbocycles. The van der Waals surface area contributed by atoms with Crippen LogP contribution in [0.25, 0.3) is 0 Å². The highest BCUT2D eigenvalue weighted by Gasteiger charge is 2.37. The Morgan fingerprint density at radius 2 is 1.78 bits per heavy atom. The molecule has 0 saturated heterocycles. The summed E-state index contributed by atoms with van der Waals surface area (Å²) < 4.78 is 26.8. The molecule has 0 radical (unpaired) electrons. The first-order valence-corrected chi connectivity index (χ1v) is 9.92. The van der Waals surface area contributed by atoms with Crippen molar-refractivity contribution >= 4 is 27.6 Å². The van der Waals surface area contributed by atoms with Crippen LogP contribution in [0, 0.1) is 5.92 Å². The molecule has 2 N–H and O–H groups in total. The molecule has 3 rings (SSSR count). The van der Waals surface area contributed by atoms with Gasteiger partial charge in [0, 0.05) is 12.6 Å². The summed E-state index contributed by atoms with van der Waals surface area (Å²) in [6.07, 6.45) is 1.51. The molecule has 142 valence electrons. The smallest absolute Gasteiger partial charge is 0.326 e. The van der Waals surface area contributed by atoms with Crippen LogP contribution in [-0.2, 0) is 14.8 Å². The van der Waals surface area contributed by atoms with Gasteiger partial charge in [-0.15, -0.1) is 0 Å². The Kier molecular flexibility index (Phi) is 5.18. The summed E-state index contributed by atoms with van der Waals surface area (Å²) in [6.45, 7) is 0. The number of nitrogens with zero attached hydrogens (tertiary/aromatic N) is 1. The third kappa shape index (κ3) is 4.11. The number of hydrogen-bond acceptors (Lipinski definition) is 4. The predicted molar refractivity (Wildman–Crippen MR) is 100 cm³/mol. The Morgan fingerprint density at radius 3 is 2.37 bits per heavy atom. The lowest BCUT2D eigenvalue weighted by molar-refractivity contribution is -0.139. The second kappa shape index (κ2) is 7.40. The SMILES string of the molecule is CN(c1ccccc1)S(=O)(=O)c1cccc(C(=O)NC(C(=O)O)C2CC2)c1. The van der Waals surface area contributed by atoms with Gasteiger partial charge in [0.05, 0.1) is 10.6 Å². The normalized spacial score (nSPS) is 15.0. The Balaban J connectivity index is 1.84. The summed E-state index contributed by atoms with van der Waals surface area (Å²) in [6, 6.07) is 13.2. The number of anilines is 1. The first-order chi connectivity index (χ1) is 12.8. The highest BCUT2D eigenvalue weighted by atomic mass is 32.2. The number of nitrogens with one attached hydrogen (secondary N) is 1. The van der Waals surface area contributed by atoms with Crippen molar-refractivity contribution in [2.24, 2.45) is 5.92 Å². The number of amides is 1. The van der Waals surface area contributed by atoms with Gasteiger partial charge < -0.3 is 10.4 Å². The van der Waals surface area contributed by atoms with Crippen molar-refractivity contribution in [2.45, 2.75) is 23.8 Å². The van der Waals surface area contributed by atoms with Gasteiger partial charge in [-0.2, -0.15) is 0 Å². The van der Waals surface area contributed by atoms with Crippen LogP contribution in [0.3, 0.4) is 0 Å². The van der Waals surface area contributed by atoms with E-state index in [4.69, 9.17) is 0 Å². The molecule has 1 aliphatic rings. The third-order valence-electron chi connectivity index (χ3n) is 4.52. The molecule has 1 atom stereocenters. The maximum absolute atomic E-state index is 12.9. The van der Waals surface area contributed by atoms with Crippen LogP contribution in [0.15, 0.2) is 59.5 Å². The Bertz CT molecular complexity index is 955. The zero-order valence-electron chi connectivity index (χ0n) is 14.7. The number of carbonyl (C=O) groups is 2. The van der Waals surface area contributed by atoms with Gasteiger partial charge in [0.15, 0.2) is 0 Å². The highest BCUT2D eigenvalue weighted by molar-refractivity contribution is 7.92. The number of aliphatic carboxylic acids is 1. The largest absolute Gasteiger partial charge is 0.480 e. The van der Waals surface area contributed by atoms with E-state index in [1.165, 1.54) is 31.3 Å². The molecular formula is C19H20N2O5S. The minimum absolute atomic E-state index is 0.0419. The van der Waals surface area contributed by atoms with Crippen molar-refractivity contribution in [2.75, 3.05) is 11.4 Å². The molecule has 2 aromatic carbocycles. The first kappa shape index (κ1) is 18.9. The average Bonchev–Trinajstić information content (AvgIpc) is 3.50. The van der Waals surface area contributed by atoms with Gasteiger partial charge in [-0.3, -0.25) is 9.10 Å². The summed E-state index contributed by atoms with van der Waals surface area (Å²) in [5.41, 5.74) is 0.594. The molecule has 0 aliphatic heterocycles. The summed E-state index contributed by atoms with van der Waals surface area (Å²) in [5, 5.41) is 11.7. The number of carboxylic acids is 1. The van der Waals surface area contributed by atoms with Gasteiger partial charge >= 0.3 is 5.97 Å². The number of sulfonamides is 1. The van der Waals surface area contributed by atoms with Gasteiger partial charge in [-0.1, -0.05) is 24.3 Å². The third-order valence-corrected chi connectivity index (χ3v) is 6.30. The van der Waals surface area contributed by atoms with Crippen LogP contribution in [0.2, 0.25) is 0 Å². The number of benzene rings is 2. The fourth-order valence-electron chi connectivity index (χ4n) is 2.77. The molecule has 0 aromatic heterocycles. The molecule has 27 heavy (non-hydrogen) atoms. The number of rotatable bonds is 7. The van der Waals surface area contributed by atoms with E-state index in [0.717, 1.165) is 17.1 Å². The van der Waals surface area contributed by atoms with Crippen molar-refractivity contribution in [3.05, 3.63) is 60.2 Å². The lowest BCUT2D eigenvalue weighted by Gasteiger charge is -2.20. The molecule has 0 bridgehead atoms. The lowest BCUT2D eigenvalue weighted by Crippen LogP contribution is -2.42. The second-order valence-electron chi connectivity index (χ2n) is 6.46. The van der Waals surface area contributed by atoms with Crippen LogP contribution in [0.5, 0.6) is 0 Å². The van der Waals surface area contributed by atoms with Crippen LogP contribution < -0.4 is 9.62 Å². The van der Waals surface area contributed by atoms with Crippen molar-refractivity contribution in [3.63, 3.8) is 0 Å². The van der Waals surface area contributed by atoms with E-state index >= 15 is 0 Å². The van der Waals surface area contributed by atoms with Gasteiger partial charge in [0.25, 0.3) is 15.9 Å². The molecule has 7 nitrogen and oxygen atoms in total. The Hall–Kier alpha value is -2.87. The van der Waals surface area contributed by atoms with Gasteiger partial charge in [-0.25, -0.2) is 13.2 Å². The summed E-state index contributed by atoms with van der Waals surface area (Å²) in [5.74, 6) is -1.75. The lowest BCUT2D eigenvalue weighted by atomic mass is 10.1. The van der Waals surface area contributed by atoms with Gasteiger partial charge in [-0.05, 0) is 49.1 Å². The minimum atomic E-state index is -3.86. The van der Waals surface area contributed by atoms with Crippen molar-refractivity contribution in [3.8, 4) is 0 Å². The monoisotopic (exact) mass is 388 g/mol. The Morgan fingerprint density at radius 1 is 1.11 bits per heavy atom. The molecular weight excluding hydrogens is 368 g/mol. The van der Waals surface area contributed by atoms with Crippen LogP contribution >= 0.6 is 0 Å². The van der Waals surface area contributed by atoms with E-state index in [1.54, 1.807) is 30.3 Å². The van der Waals surface area contributed by atoms with E-state index in [-0.39, 0.29) is 16.4 Å². The zero-order chi connectivity index (χ0) is 19.6. The van der Waals surface area contributed by atoms with Gasteiger partial charge in [0.1, 0.15) is 6.04 Å². The van der Waals surface area contributed by atoms with Crippen LogP contribution in [0.4, 0.5) is 5.69 Å². The molecule has 2 aromatic rings. The fraction of sp³-hybridized carbons (Fsp3) is 0.263. The number of carboxylic acid groups (broad SMARTS) is 1. The van der Waals surface area contributed by atoms with Crippen molar-refractivity contribution in [1.29, 1.82) is 0 Å². The minimum Gasteiger partial charge on any atom is -0.480 e. The molecule has 1 amide bonds. The molecule has 0 spiro atoms. The number of para-hydroxylation sites is 1. The topological polar surface area (TPSA) is 104 Å². The second-order valence-corrected chi connectivity index (χ2v) is 8.43. The van der Waals surface area contributed by atoms with E-state index in [2.05, 4.69) is 5.32 Å². The van der Waals surface area contributed by atoms with Gasteiger partial charge in [0.2, 0.25) is 0 Å². The van der Waals surface area contributed by atoms with Crippen LogP contribution in [-0.4, -0.2) is 38.5 Å². The fourth-order valence-corrected chi connectivity index (χ4v) is 4.01. The predicted octanol–water partition coefficient (Wildman–Crippen LogP) is 2.10. The van der Waals surface area contributed by atoms with E-state index < -0.39 is 27.9 Å². The summed E-state index contributed by atoms with van der Waals surface area (Å²) in [7, 11) is -2.42. The van der Waals surface area contributed by atoms with Crippen molar-refractivity contribution in [1.82, 2.24) is 5.32 Å². The molecule has 0 heterocycles. The molecule has 1 fully saturated rings. The van der Waals surface area contributed by atoms with Crippen molar-refractivity contribution < 1.29 is 23.1 Å². The quantitative estimate of drug-likeness (QED) is 0.756. The maximum Gasteiger partial charge on any atom is 0.326 e. The highest BCUT2D eigenvalue weighted by Crippen LogP contribution is 2.33. The zero-order valence-corrected chi connectivity index (χ0v) is 15.5. The number of carbonyl (C=O) groups excluding carboxylic acids is 1. The average molecular weight is 388 g/mol. The van der Waals surface area contributed by atoms with Crippen LogP contribution in [0.1, 0.15) is 23.2 Å². The Labute approximate surface area is 157 Å². The number of hydrogen-bond donors (Lipinski definition) is 2. The molecule has 1 saturated carbocycles. The molecule has 1 unspecified atom stereocenters. The first-order valence-electron chi connectivity index (χ1n) is 8.48. The molecule has 8 heteroatoms.